The molecule has 4 heterocycles. The number of fused-ring (bicyclic) bond motifs is 1. The summed E-state index contributed by atoms with van der Waals surface area (Å²) in [5.41, 5.74) is 5.58. The average molecular weight is 415 g/mol. The van der Waals surface area contributed by atoms with Crippen LogP contribution in [0.2, 0.25) is 0 Å². The highest BCUT2D eigenvalue weighted by atomic mass is 32.1. The Morgan fingerprint density at radius 1 is 1.04 bits per heavy atom. The summed E-state index contributed by atoms with van der Waals surface area (Å²) in [5, 5.41) is 10.5. The van der Waals surface area contributed by atoms with Gasteiger partial charge in [0.2, 0.25) is 5.13 Å². The second-order valence-corrected chi connectivity index (χ2v) is 8.23. The molecule has 0 spiro atoms. The first kappa shape index (κ1) is 18.3. The van der Waals surface area contributed by atoms with Gasteiger partial charge in [0.05, 0.1) is 11.8 Å². The molecule has 0 bridgehead atoms. The van der Waals surface area contributed by atoms with Crippen LogP contribution in [0, 0.1) is 0 Å². The van der Waals surface area contributed by atoms with Gasteiger partial charge in [-0.05, 0) is 6.07 Å². The molecule has 0 radical (unpaired) electrons. The van der Waals surface area contributed by atoms with Gasteiger partial charge in [0.1, 0.15) is 22.0 Å². The van der Waals surface area contributed by atoms with E-state index < -0.39 is 12.6 Å². The lowest BCUT2D eigenvalue weighted by atomic mass is 10.2. The normalized spacial score (nSPS) is 15.7. The van der Waals surface area contributed by atoms with E-state index >= 15 is 0 Å². The molecule has 1 aliphatic heterocycles. The lowest BCUT2D eigenvalue weighted by Gasteiger charge is -2.35. The molecule has 0 unspecified atom stereocenters. The van der Waals surface area contributed by atoms with Crippen molar-refractivity contribution >= 4 is 43.8 Å². The molecule has 0 aliphatic carbocycles. The Balaban J connectivity index is 1.51. The van der Waals surface area contributed by atoms with Gasteiger partial charge in [0, 0.05) is 37.6 Å². The number of nitrogens with two attached hydrogens (primary N) is 1. The fourth-order valence-corrected chi connectivity index (χ4v) is 4.78. The Labute approximate surface area is 160 Å². The topological polar surface area (TPSA) is 84.1 Å². The zero-order valence-electron chi connectivity index (χ0n) is 14.1. The Bertz CT molecular complexity index is 931. The second-order valence-electron chi connectivity index (χ2n) is 6.08. The minimum atomic E-state index is -4.23. The summed E-state index contributed by atoms with van der Waals surface area (Å²) >= 11 is 2.55. The van der Waals surface area contributed by atoms with Crippen molar-refractivity contribution in [3.8, 4) is 0 Å². The molecule has 3 aromatic rings. The molecule has 0 saturated carbocycles. The van der Waals surface area contributed by atoms with Crippen molar-refractivity contribution in [2.45, 2.75) is 19.1 Å². The van der Waals surface area contributed by atoms with E-state index in [0.29, 0.717) is 35.7 Å². The number of anilines is 2. The smallest absolute Gasteiger partial charge is 0.352 e. The molecule has 2 N–H and O–H groups in total. The Morgan fingerprint density at radius 3 is 2.44 bits per heavy atom. The number of thiophene rings is 1. The molecule has 1 aliphatic rings. The molecular weight excluding hydrogens is 399 g/mol. The van der Waals surface area contributed by atoms with Crippen LogP contribution < -0.4 is 15.5 Å². The van der Waals surface area contributed by atoms with Crippen LogP contribution in [0.3, 0.4) is 0 Å². The fourth-order valence-electron chi connectivity index (χ4n) is 2.99. The molecule has 3 aromatic heterocycles. The number of hydrogen-bond donors (Lipinski definition) is 1. The lowest BCUT2D eigenvalue weighted by Crippen LogP contribution is -2.46. The number of alkyl halides is 3. The highest BCUT2D eigenvalue weighted by molar-refractivity contribution is 7.18. The molecule has 7 nitrogen and oxygen atoms in total. The quantitative estimate of drug-likeness (QED) is 0.701. The SMILES string of the molecule is NCc1nnc(N2CCN(c3ncnc4sc(CC(F)(F)F)cc34)CC2)s1. The highest BCUT2D eigenvalue weighted by Crippen LogP contribution is 2.34. The van der Waals surface area contributed by atoms with Crippen LogP contribution in [0.4, 0.5) is 24.1 Å². The van der Waals surface area contributed by atoms with Gasteiger partial charge in [0.25, 0.3) is 0 Å². The van der Waals surface area contributed by atoms with Crippen LogP contribution in [0.1, 0.15) is 9.88 Å². The number of halogens is 3. The third-order valence-corrected chi connectivity index (χ3v) is 6.26. The standard InChI is InChI=1S/C15H16F3N7S2/c16-15(17,18)6-9-5-10-12(20-8-21-13(10)26-9)24-1-3-25(4-2-24)14-23-22-11(7-19)27-14/h5,8H,1-4,6-7,19H2. The maximum absolute atomic E-state index is 12.7. The van der Waals surface area contributed by atoms with Gasteiger partial charge in [-0.2, -0.15) is 13.2 Å². The predicted molar refractivity (Wildman–Crippen MR) is 99.4 cm³/mol. The number of rotatable bonds is 4. The van der Waals surface area contributed by atoms with Crippen molar-refractivity contribution in [1.82, 2.24) is 20.2 Å². The lowest BCUT2D eigenvalue weighted by molar-refractivity contribution is -0.126. The summed E-state index contributed by atoms with van der Waals surface area (Å²) in [4.78, 5) is 13.5. The molecule has 27 heavy (non-hydrogen) atoms. The second kappa shape index (κ2) is 7.17. The minimum absolute atomic E-state index is 0.251. The van der Waals surface area contributed by atoms with Crippen molar-refractivity contribution in [3.63, 3.8) is 0 Å². The maximum Gasteiger partial charge on any atom is 0.393 e. The van der Waals surface area contributed by atoms with E-state index in [2.05, 4.69) is 30.0 Å². The van der Waals surface area contributed by atoms with Crippen LogP contribution in [0.15, 0.2) is 12.4 Å². The Hall–Kier alpha value is -2.05. The van der Waals surface area contributed by atoms with E-state index in [-0.39, 0.29) is 4.88 Å². The van der Waals surface area contributed by atoms with Gasteiger partial charge >= 0.3 is 6.18 Å². The first-order valence-corrected chi connectivity index (χ1v) is 9.89. The van der Waals surface area contributed by atoms with Crippen LogP contribution >= 0.6 is 22.7 Å². The van der Waals surface area contributed by atoms with Crippen LogP contribution in [-0.2, 0) is 13.0 Å². The van der Waals surface area contributed by atoms with Crippen molar-refractivity contribution in [3.05, 3.63) is 22.3 Å². The summed E-state index contributed by atoms with van der Waals surface area (Å²) in [6.45, 7) is 3.20. The van der Waals surface area contributed by atoms with Crippen molar-refractivity contribution < 1.29 is 13.2 Å². The van der Waals surface area contributed by atoms with Gasteiger partial charge in [0.15, 0.2) is 0 Å². The number of hydrogen-bond acceptors (Lipinski definition) is 9. The largest absolute Gasteiger partial charge is 0.393 e. The van der Waals surface area contributed by atoms with E-state index in [0.717, 1.165) is 34.6 Å². The zero-order valence-corrected chi connectivity index (χ0v) is 15.7. The molecule has 0 amide bonds. The van der Waals surface area contributed by atoms with Gasteiger partial charge < -0.3 is 15.5 Å². The van der Waals surface area contributed by atoms with Crippen molar-refractivity contribution in [2.75, 3.05) is 36.0 Å². The van der Waals surface area contributed by atoms with Gasteiger partial charge in [-0.3, -0.25) is 0 Å². The number of piperazine rings is 1. The molecule has 4 rings (SSSR count). The summed E-state index contributed by atoms with van der Waals surface area (Å²) in [5.74, 6) is 0.684. The van der Waals surface area contributed by atoms with E-state index in [1.807, 2.05) is 0 Å². The van der Waals surface area contributed by atoms with Crippen LogP contribution in [0.5, 0.6) is 0 Å². The summed E-state index contributed by atoms with van der Waals surface area (Å²) in [7, 11) is 0. The van der Waals surface area contributed by atoms with Gasteiger partial charge in [-0.1, -0.05) is 11.3 Å². The molecule has 1 fully saturated rings. The Morgan fingerprint density at radius 2 is 1.78 bits per heavy atom. The third-order valence-electron chi connectivity index (χ3n) is 4.21. The molecule has 0 aromatic carbocycles. The monoisotopic (exact) mass is 415 g/mol. The van der Waals surface area contributed by atoms with E-state index in [1.54, 1.807) is 6.07 Å². The Kier molecular flexibility index (Phi) is 4.86. The van der Waals surface area contributed by atoms with Gasteiger partial charge in [-0.25, -0.2) is 9.97 Å². The van der Waals surface area contributed by atoms with Crippen molar-refractivity contribution in [1.29, 1.82) is 0 Å². The molecule has 144 valence electrons. The maximum atomic E-state index is 12.7. The minimum Gasteiger partial charge on any atom is -0.352 e. The molecule has 1 saturated heterocycles. The molecule has 12 heteroatoms. The van der Waals surface area contributed by atoms with Crippen LogP contribution in [0.25, 0.3) is 10.2 Å². The van der Waals surface area contributed by atoms with Crippen molar-refractivity contribution in [2.24, 2.45) is 5.73 Å². The number of aromatic nitrogens is 4. The first-order valence-electron chi connectivity index (χ1n) is 8.25. The first-order chi connectivity index (χ1) is 12.9. The third kappa shape index (κ3) is 3.96. The van der Waals surface area contributed by atoms with E-state index in [4.69, 9.17) is 5.73 Å². The van der Waals surface area contributed by atoms with Gasteiger partial charge in [-0.15, -0.1) is 21.5 Å². The van der Waals surface area contributed by atoms with E-state index in [1.165, 1.54) is 17.7 Å². The molecule has 0 atom stereocenters. The number of nitrogens with zero attached hydrogens (tertiary/aromatic N) is 6. The zero-order chi connectivity index (χ0) is 19.0. The van der Waals surface area contributed by atoms with E-state index in [9.17, 15) is 13.2 Å². The summed E-state index contributed by atoms with van der Waals surface area (Å²) < 4.78 is 38.1. The highest BCUT2D eigenvalue weighted by Gasteiger charge is 2.29. The average Bonchev–Trinajstić information content (AvgIpc) is 3.26. The van der Waals surface area contributed by atoms with Crippen LogP contribution in [-0.4, -0.2) is 52.5 Å². The summed E-state index contributed by atoms with van der Waals surface area (Å²) in [6, 6.07) is 1.56. The summed E-state index contributed by atoms with van der Waals surface area (Å²) in [6.07, 6.45) is -3.76. The molecular formula is C15H16F3N7S2. The fraction of sp³-hybridized carbons (Fsp3) is 0.467. The predicted octanol–water partition coefficient (Wildman–Crippen LogP) is 2.43.